The lowest BCUT2D eigenvalue weighted by atomic mass is 10.1. The number of hydrogen-bond acceptors (Lipinski definition) is 4. The number of ether oxygens (including phenoxy) is 1. The van der Waals surface area contributed by atoms with E-state index in [1.54, 1.807) is 6.92 Å². The molecule has 0 saturated carbocycles. The molecule has 0 saturated heterocycles. The van der Waals surface area contributed by atoms with Crippen LogP contribution in [0.5, 0.6) is 0 Å². The van der Waals surface area contributed by atoms with E-state index in [4.69, 9.17) is 18.0 Å². The van der Waals surface area contributed by atoms with Gasteiger partial charge in [0.1, 0.15) is 6.54 Å². The molecule has 1 amide bonds. The first-order valence-electron chi connectivity index (χ1n) is 4.16. The molecule has 0 spiro atoms. The van der Waals surface area contributed by atoms with Crippen molar-refractivity contribution in [2.75, 3.05) is 13.7 Å². The maximum absolute atomic E-state index is 11.3. The van der Waals surface area contributed by atoms with Gasteiger partial charge in [-0.25, -0.2) is 0 Å². The van der Waals surface area contributed by atoms with Crippen molar-refractivity contribution in [1.29, 1.82) is 0 Å². The fourth-order valence-electron chi connectivity index (χ4n) is 0.870. The van der Waals surface area contributed by atoms with Crippen molar-refractivity contribution in [1.82, 2.24) is 5.32 Å². The molecule has 14 heavy (non-hydrogen) atoms. The molecule has 3 N–H and O–H groups in total. The van der Waals surface area contributed by atoms with Gasteiger partial charge in [-0.05, 0) is 6.42 Å². The first kappa shape index (κ1) is 12.8. The number of esters is 1. The molecule has 0 aliphatic heterocycles. The van der Waals surface area contributed by atoms with Gasteiger partial charge in [0.05, 0.1) is 18.0 Å². The topological polar surface area (TPSA) is 81.4 Å². The number of carbonyl (C=O) groups is 2. The Kier molecular flexibility index (Phi) is 5.78. The minimum Gasteiger partial charge on any atom is -0.468 e. The molecular weight excluding hydrogens is 204 g/mol. The molecule has 0 aromatic carbocycles. The van der Waals surface area contributed by atoms with Crippen LogP contribution < -0.4 is 11.1 Å². The second-order valence-electron chi connectivity index (χ2n) is 2.66. The van der Waals surface area contributed by atoms with Gasteiger partial charge in [-0.15, -0.1) is 0 Å². The van der Waals surface area contributed by atoms with E-state index in [0.717, 1.165) is 0 Å². The molecule has 0 rings (SSSR count). The minimum absolute atomic E-state index is 0.134. The van der Waals surface area contributed by atoms with Crippen LogP contribution in [0.25, 0.3) is 0 Å². The molecule has 5 nitrogen and oxygen atoms in total. The van der Waals surface area contributed by atoms with E-state index in [-0.39, 0.29) is 17.4 Å². The highest BCUT2D eigenvalue weighted by Gasteiger charge is 2.19. The number of carbonyl (C=O) groups excluding carboxylic acids is 2. The summed E-state index contributed by atoms with van der Waals surface area (Å²) in [5.74, 6) is -1.36. The zero-order valence-electron chi connectivity index (χ0n) is 8.20. The van der Waals surface area contributed by atoms with E-state index in [0.29, 0.717) is 6.42 Å². The van der Waals surface area contributed by atoms with Crippen LogP contribution >= 0.6 is 12.2 Å². The average Bonchev–Trinajstić information content (AvgIpc) is 2.14. The third-order valence-corrected chi connectivity index (χ3v) is 1.99. The molecule has 1 unspecified atom stereocenters. The Labute approximate surface area is 88.0 Å². The molecule has 0 aromatic rings. The summed E-state index contributed by atoms with van der Waals surface area (Å²) in [6, 6.07) is 0. The number of thiocarbonyl (C=S) groups is 1. The summed E-state index contributed by atoms with van der Waals surface area (Å²) < 4.78 is 4.36. The summed E-state index contributed by atoms with van der Waals surface area (Å²) in [5.41, 5.74) is 5.34. The fraction of sp³-hybridized carbons (Fsp3) is 0.625. The van der Waals surface area contributed by atoms with Crippen molar-refractivity contribution in [2.24, 2.45) is 11.7 Å². The van der Waals surface area contributed by atoms with Crippen LogP contribution in [0.1, 0.15) is 13.3 Å². The van der Waals surface area contributed by atoms with Gasteiger partial charge in [-0.1, -0.05) is 19.1 Å². The predicted octanol–water partition coefficient (Wildman–Crippen LogP) is -0.412. The first-order valence-corrected chi connectivity index (χ1v) is 4.57. The normalized spacial score (nSPS) is 11.6. The molecule has 6 heteroatoms. The number of methoxy groups -OCH3 is 1. The van der Waals surface area contributed by atoms with Gasteiger partial charge in [0.25, 0.3) is 0 Å². The summed E-state index contributed by atoms with van der Waals surface area (Å²) in [6.45, 7) is 1.63. The van der Waals surface area contributed by atoms with Crippen molar-refractivity contribution < 1.29 is 14.3 Å². The van der Waals surface area contributed by atoms with Crippen molar-refractivity contribution >= 4 is 29.1 Å². The molecular formula is C8H14N2O3S. The molecule has 0 heterocycles. The van der Waals surface area contributed by atoms with Crippen molar-refractivity contribution in [2.45, 2.75) is 13.3 Å². The lowest BCUT2D eigenvalue weighted by molar-refractivity contribution is -0.141. The third-order valence-electron chi connectivity index (χ3n) is 1.70. The van der Waals surface area contributed by atoms with Crippen LogP contribution in [0.2, 0.25) is 0 Å². The molecule has 1 atom stereocenters. The molecule has 0 aliphatic carbocycles. The van der Waals surface area contributed by atoms with E-state index in [2.05, 4.69) is 10.1 Å². The Morgan fingerprint density at radius 2 is 2.14 bits per heavy atom. The second kappa shape index (κ2) is 6.31. The lowest BCUT2D eigenvalue weighted by Gasteiger charge is -2.12. The summed E-state index contributed by atoms with van der Waals surface area (Å²) in [4.78, 5) is 22.2. The van der Waals surface area contributed by atoms with Crippen LogP contribution in [0.4, 0.5) is 0 Å². The number of hydrogen-bond donors (Lipinski definition) is 2. The van der Waals surface area contributed by atoms with Gasteiger partial charge in [0.15, 0.2) is 0 Å². The maximum Gasteiger partial charge on any atom is 0.325 e. The van der Waals surface area contributed by atoms with Gasteiger partial charge in [0.2, 0.25) is 5.91 Å². The van der Waals surface area contributed by atoms with Gasteiger partial charge in [0, 0.05) is 0 Å². The predicted molar refractivity (Wildman–Crippen MR) is 55.6 cm³/mol. The third kappa shape index (κ3) is 4.18. The molecule has 80 valence electrons. The van der Waals surface area contributed by atoms with E-state index >= 15 is 0 Å². The maximum atomic E-state index is 11.3. The van der Waals surface area contributed by atoms with Crippen molar-refractivity contribution in [3.8, 4) is 0 Å². The van der Waals surface area contributed by atoms with Gasteiger partial charge in [-0.3, -0.25) is 9.59 Å². The van der Waals surface area contributed by atoms with Crippen LogP contribution in [0.15, 0.2) is 0 Å². The largest absolute Gasteiger partial charge is 0.468 e. The zero-order chi connectivity index (χ0) is 11.1. The Morgan fingerprint density at radius 3 is 2.50 bits per heavy atom. The SMILES string of the molecule is CCC(C(=O)NCC(=O)OC)C(N)=S. The summed E-state index contributed by atoms with van der Waals surface area (Å²) >= 11 is 4.70. The van der Waals surface area contributed by atoms with Gasteiger partial charge in [-0.2, -0.15) is 0 Å². The fourth-order valence-corrected chi connectivity index (χ4v) is 1.14. The average molecular weight is 218 g/mol. The van der Waals surface area contributed by atoms with E-state index < -0.39 is 11.9 Å². The Morgan fingerprint density at radius 1 is 1.57 bits per heavy atom. The zero-order valence-corrected chi connectivity index (χ0v) is 9.02. The monoisotopic (exact) mass is 218 g/mol. The van der Waals surface area contributed by atoms with E-state index in [9.17, 15) is 9.59 Å². The molecule has 0 aromatic heterocycles. The number of amides is 1. The number of rotatable bonds is 5. The number of nitrogens with two attached hydrogens (primary N) is 1. The van der Waals surface area contributed by atoms with Gasteiger partial charge >= 0.3 is 5.97 Å². The first-order chi connectivity index (χ1) is 6.52. The second-order valence-corrected chi connectivity index (χ2v) is 3.13. The molecule has 0 aliphatic rings. The smallest absolute Gasteiger partial charge is 0.325 e. The quantitative estimate of drug-likeness (QED) is 0.484. The molecule has 0 radical (unpaired) electrons. The Bertz CT molecular complexity index is 243. The summed E-state index contributed by atoms with van der Waals surface area (Å²) in [6.07, 6.45) is 0.516. The molecule has 0 fully saturated rings. The van der Waals surface area contributed by atoms with Gasteiger partial charge < -0.3 is 15.8 Å². The van der Waals surface area contributed by atoms with E-state index in [1.165, 1.54) is 7.11 Å². The highest BCUT2D eigenvalue weighted by atomic mass is 32.1. The standard InChI is InChI=1S/C8H14N2O3S/c1-3-5(7(9)14)8(12)10-4-6(11)13-2/h5H,3-4H2,1-2H3,(H2,9,14)(H,10,12). The summed E-state index contributed by atoms with van der Waals surface area (Å²) in [5, 5.41) is 2.38. The summed E-state index contributed by atoms with van der Waals surface area (Å²) in [7, 11) is 1.25. The van der Waals surface area contributed by atoms with E-state index in [1.807, 2.05) is 0 Å². The number of nitrogens with one attached hydrogen (secondary N) is 1. The van der Waals surface area contributed by atoms with Crippen molar-refractivity contribution in [3.05, 3.63) is 0 Å². The van der Waals surface area contributed by atoms with Crippen LogP contribution in [-0.4, -0.2) is 30.5 Å². The molecule has 0 bridgehead atoms. The van der Waals surface area contributed by atoms with Crippen LogP contribution in [-0.2, 0) is 14.3 Å². The Balaban J connectivity index is 4.06. The Hall–Kier alpha value is -1.17. The van der Waals surface area contributed by atoms with Crippen LogP contribution in [0, 0.1) is 5.92 Å². The van der Waals surface area contributed by atoms with Crippen LogP contribution in [0.3, 0.4) is 0 Å². The highest BCUT2D eigenvalue weighted by Crippen LogP contribution is 2.02. The minimum atomic E-state index is -0.519. The highest BCUT2D eigenvalue weighted by molar-refractivity contribution is 7.80. The lowest BCUT2D eigenvalue weighted by Crippen LogP contribution is -2.40. The van der Waals surface area contributed by atoms with Crippen molar-refractivity contribution in [3.63, 3.8) is 0 Å².